The lowest BCUT2D eigenvalue weighted by molar-refractivity contribution is 0.0757. The molecule has 3 heterocycles. The highest BCUT2D eigenvalue weighted by atomic mass is 32.1. The van der Waals surface area contributed by atoms with Crippen LogP contribution >= 0.6 is 22.7 Å². The third-order valence-corrected chi connectivity index (χ3v) is 5.64. The summed E-state index contributed by atoms with van der Waals surface area (Å²) in [4.78, 5) is 21.5. The average molecular weight is 359 g/mol. The summed E-state index contributed by atoms with van der Waals surface area (Å²) in [5, 5.41) is 1.98. The van der Waals surface area contributed by atoms with Gasteiger partial charge in [0.1, 0.15) is 10.6 Å². The molecule has 24 heavy (non-hydrogen) atoms. The van der Waals surface area contributed by atoms with Gasteiger partial charge in [0.2, 0.25) is 0 Å². The number of thiophene rings is 1. The molecule has 4 rings (SSSR count). The van der Waals surface area contributed by atoms with Gasteiger partial charge in [-0.2, -0.15) is 0 Å². The lowest BCUT2D eigenvalue weighted by atomic mass is 10.2. The first-order valence-corrected chi connectivity index (χ1v) is 9.24. The van der Waals surface area contributed by atoms with Gasteiger partial charge in [0.15, 0.2) is 4.96 Å². The van der Waals surface area contributed by atoms with E-state index in [1.165, 1.54) is 23.5 Å². The second-order valence-corrected chi connectivity index (χ2v) is 7.32. The van der Waals surface area contributed by atoms with E-state index in [9.17, 15) is 9.18 Å². The highest BCUT2D eigenvalue weighted by molar-refractivity contribution is 7.21. The zero-order valence-electron chi connectivity index (χ0n) is 12.9. The third kappa shape index (κ3) is 2.59. The summed E-state index contributed by atoms with van der Waals surface area (Å²) in [5.74, 6) is -0.333. The third-order valence-electron chi connectivity index (χ3n) is 3.88. The zero-order valence-corrected chi connectivity index (χ0v) is 14.5. The van der Waals surface area contributed by atoms with E-state index < -0.39 is 0 Å². The molecule has 0 radical (unpaired) electrons. The van der Waals surface area contributed by atoms with Gasteiger partial charge in [-0.1, -0.05) is 12.1 Å². The van der Waals surface area contributed by atoms with Crippen molar-refractivity contribution >= 4 is 43.9 Å². The molecule has 0 aliphatic heterocycles. The zero-order chi connectivity index (χ0) is 16.7. The van der Waals surface area contributed by atoms with Crippen molar-refractivity contribution in [2.75, 3.05) is 6.54 Å². The number of rotatable bonds is 4. The summed E-state index contributed by atoms with van der Waals surface area (Å²) in [5.41, 5.74) is 1.75. The monoisotopic (exact) mass is 359 g/mol. The SMILES string of the molecule is CCN(Cc1cccc(F)c1)C(=O)c1cc2c(nc3sccn32)s1. The van der Waals surface area contributed by atoms with E-state index in [-0.39, 0.29) is 11.7 Å². The van der Waals surface area contributed by atoms with Crippen molar-refractivity contribution in [2.45, 2.75) is 13.5 Å². The number of hydrogen-bond acceptors (Lipinski definition) is 4. The van der Waals surface area contributed by atoms with Crippen LogP contribution in [0.15, 0.2) is 41.9 Å². The van der Waals surface area contributed by atoms with E-state index in [0.717, 1.165) is 20.9 Å². The molecule has 3 aromatic heterocycles. The first-order chi connectivity index (χ1) is 11.7. The lowest BCUT2D eigenvalue weighted by Crippen LogP contribution is -2.29. The Balaban J connectivity index is 1.63. The van der Waals surface area contributed by atoms with E-state index in [2.05, 4.69) is 4.98 Å². The summed E-state index contributed by atoms with van der Waals surface area (Å²) in [6.07, 6.45) is 1.96. The van der Waals surface area contributed by atoms with Crippen molar-refractivity contribution in [1.29, 1.82) is 0 Å². The van der Waals surface area contributed by atoms with Crippen molar-refractivity contribution < 1.29 is 9.18 Å². The number of imidazole rings is 1. The van der Waals surface area contributed by atoms with Gasteiger partial charge in [0, 0.05) is 24.7 Å². The van der Waals surface area contributed by atoms with Crippen molar-refractivity contribution in [3.05, 3.63) is 58.2 Å². The Labute approximate surface area is 145 Å². The van der Waals surface area contributed by atoms with Crippen LogP contribution in [0.5, 0.6) is 0 Å². The van der Waals surface area contributed by atoms with Crippen LogP contribution in [0.25, 0.3) is 15.3 Å². The van der Waals surface area contributed by atoms with Gasteiger partial charge in [0.05, 0.1) is 10.4 Å². The van der Waals surface area contributed by atoms with Crippen LogP contribution in [0.4, 0.5) is 4.39 Å². The lowest BCUT2D eigenvalue weighted by Gasteiger charge is -2.20. The molecule has 7 heteroatoms. The first kappa shape index (κ1) is 15.3. The Morgan fingerprint density at radius 3 is 3.04 bits per heavy atom. The number of thiazole rings is 1. The topological polar surface area (TPSA) is 37.6 Å². The largest absolute Gasteiger partial charge is 0.334 e. The predicted molar refractivity (Wildman–Crippen MR) is 95.3 cm³/mol. The molecule has 0 fully saturated rings. The predicted octanol–water partition coefficient (Wildman–Crippen LogP) is 4.41. The van der Waals surface area contributed by atoms with Crippen LogP contribution in [0.3, 0.4) is 0 Å². The molecular weight excluding hydrogens is 345 g/mol. The van der Waals surface area contributed by atoms with E-state index in [1.807, 2.05) is 35.0 Å². The van der Waals surface area contributed by atoms with Crippen LogP contribution < -0.4 is 0 Å². The van der Waals surface area contributed by atoms with Crippen molar-refractivity contribution in [3.8, 4) is 0 Å². The van der Waals surface area contributed by atoms with Crippen molar-refractivity contribution in [3.63, 3.8) is 0 Å². The molecule has 0 atom stereocenters. The molecule has 4 nitrogen and oxygen atoms in total. The van der Waals surface area contributed by atoms with Crippen LogP contribution in [0.1, 0.15) is 22.2 Å². The second kappa shape index (κ2) is 5.99. The van der Waals surface area contributed by atoms with Crippen molar-refractivity contribution in [1.82, 2.24) is 14.3 Å². The fraction of sp³-hybridized carbons (Fsp3) is 0.176. The smallest absolute Gasteiger partial charge is 0.264 e. The maximum Gasteiger partial charge on any atom is 0.264 e. The number of halogens is 1. The van der Waals surface area contributed by atoms with Crippen LogP contribution in [0.2, 0.25) is 0 Å². The van der Waals surface area contributed by atoms with E-state index >= 15 is 0 Å². The minimum absolute atomic E-state index is 0.0475. The highest BCUT2D eigenvalue weighted by Gasteiger charge is 2.19. The molecule has 0 aliphatic rings. The number of carbonyl (C=O) groups excluding carboxylic acids is 1. The Kier molecular flexibility index (Phi) is 3.82. The van der Waals surface area contributed by atoms with Gasteiger partial charge in [0.25, 0.3) is 5.91 Å². The standard InChI is InChI=1S/C17H14FN3OS2/c1-2-20(10-11-4-3-5-12(18)8-11)16(22)14-9-13-15(24-14)19-17-21(13)6-7-23-17/h3-9H,2,10H2,1H3. The highest BCUT2D eigenvalue weighted by Crippen LogP contribution is 2.29. The Morgan fingerprint density at radius 2 is 2.25 bits per heavy atom. The Hall–Kier alpha value is -2.25. The fourth-order valence-electron chi connectivity index (χ4n) is 2.69. The maximum atomic E-state index is 13.3. The van der Waals surface area contributed by atoms with Gasteiger partial charge in [-0.05, 0) is 30.7 Å². The summed E-state index contributed by atoms with van der Waals surface area (Å²) in [7, 11) is 0. The molecule has 0 bridgehead atoms. The first-order valence-electron chi connectivity index (χ1n) is 7.54. The molecular formula is C17H14FN3OS2. The Morgan fingerprint density at radius 1 is 1.38 bits per heavy atom. The number of fused-ring (bicyclic) bond motifs is 3. The minimum atomic E-state index is -0.286. The van der Waals surface area contributed by atoms with Gasteiger partial charge < -0.3 is 4.90 Å². The molecule has 0 saturated carbocycles. The summed E-state index contributed by atoms with van der Waals surface area (Å²) >= 11 is 2.98. The van der Waals surface area contributed by atoms with Gasteiger partial charge in [-0.25, -0.2) is 9.37 Å². The van der Waals surface area contributed by atoms with Crippen LogP contribution in [-0.4, -0.2) is 26.7 Å². The molecule has 0 N–H and O–H groups in total. The summed E-state index contributed by atoms with van der Waals surface area (Å²) in [6, 6.07) is 8.26. The molecule has 0 saturated heterocycles. The number of aromatic nitrogens is 2. The van der Waals surface area contributed by atoms with E-state index in [0.29, 0.717) is 18.0 Å². The van der Waals surface area contributed by atoms with Crippen LogP contribution in [-0.2, 0) is 6.54 Å². The summed E-state index contributed by atoms with van der Waals surface area (Å²) < 4.78 is 15.3. The van der Waals surface area contributed by atoms with Crippen LogP contribution in [0, 0.1) is 5.82 Å². The van der Waals surface area contributed by atoms with Gasteiger partial charge in [-0.3, -0.25) is 9.20 Å². The molecule has 1 aromatic carbocycles. The molecule has 0 aliphatic carbocycles. The fourth-order valence-corrected chi connectivity index (χ4v) is 4.46. The van der Waals surface area contributed by atoms with Gasteiger partial charge >= 0.3 is 0 Å². The number of benzene rings is 1. The van der Waals surface area contributed by atoms with E-state index in [4.69, 9.17) is 0 Å². The molecule has 1 amide bonds. The summed E-state index contributed by atoms with van der Waals surface area (Å²) in [6.45, 7) is 2.88. The average Bonchev–Trinajstić information content (AvgIpc) is 3.23. The minimum Gasteiger partial charge on any atom is -0.334 e. The number of hydrogen-bond donors (Lipinski definition) is 0. The number of carbonyl (C=O) groups is 1. The quantitative estimate of drug-likeness (QED) is 0.541. The van der Waals surface area contributed by atoms with Gasteiger partial charge in [-0.15, -0.1) is 22.7 Å². The molecule has 4 aromatic rings. The second-order valence-electron chi connectivity index (χ2n) is 5.42. The maximum absolute atomic E-state index is 13.3. The molecule has 122 valence electrons. The van der Waals surface area contributed by atoms with Crippen molar-refractivity contribution in [2.24, 2.45) is 0 Å². The molecule has 0 spiro atoms. The van der Waals surface area contributed by atoms with E-state index in [1.54, 1.807) is 22.3 Å². The normalized spacial score (nSPS) is 11.4. The molecule has 0 unspecified atom stereocenters. The number of amides is 1. The Bertz CT molecular complexity index is 1030. The number of nitrogens with zero attached hydrogens (tertiary/aromatic N) is 3.